The van der Waals surface area contributed by atoms with Crippen molar-refractivity contribution in [1.29, 1.82) is 0 Å². The third-order valence-electron chi connectivity index (χ3n) is 2.77. The Balaban J connectivity index is 2.38. The molecule has 0 spiro atoms. The lowest BCUT2D eigenvalue weighted by Crippen LogP contribution is -2.35. The molecule has 0 saturated heterocycles. The van der Waals surface area contributed by atoms with E-state index in [-0.39, 0.29) is 11.9 Å². The zero-order valence-corrected chi connectivity index (χ0v) is 12.1. The van der Waals surface area contributed by atoms with Crippen LogP contribution < -0.4 is 5.32 Å². The summed E-state index contributed by atoms with van der Waals surface area (Å²) in [7, 11) is 0. The highest BCUT2D eigenvalue weighted by molar-refractivity contribution is 9.09. The molecule has 1 amide bonds. The Labute approximate surface area is 112 Å². The lowest BCUT2D eigenvalue weighted by molar-refractivity contribution is -0.121. The summed E-state index contributed by atoms with van der Waals surface area (Å²) in [5, 5.41) is 3.83. The molecule has 1 N–H and O–H groups in total. The van der Waals surface area contributed by atoms with Crippen LogP contribution in [-0.4, -0.2) is 17.3 Å². The molecule has 94 valence electrons. The minimum absolute atomic E-state index is 0.137. The van der Waals surface area contributed by atoms with E-state index >= 15 is 0 Å². The van der Waals surface area contributed by atoms with E-state index in [9.17, 15) is 4.79 Å². The molecule has 0 fully saturated rings. The third kappa shape index (κ3) is 5.35. The zero-order chi connectivity index (χ0) is 12.7. The molecule has 17 heavy (non-hydrogen) atoms. The van der Waals surface area contributed by atoms with Gasteiger partial charge in [0.15, 0.2) is 0 Å². The van der Waals surface area contributed by atoms with E-state index in [0.29, 0.717) is 6.42 Å². The average Bonchev–Trinajstić information content (AvgIpc) is 2.33. The highest BCUT2D eigenvalue weighted by Gasteiger charge is 2.08. The van der Waals surface area contributed by atoms with Crippen molar-refractivity contribution in [3.8, 4) is 0 Å². The SMILES string of the molecule is CCC(CBr)NC(=O)CCc1cccc(C)c1. The van der Waals surface area contributed by atoms with Crippen LogP contribution in [0.1, 0.15) is 30.9 Å². The van der Waals surface area contributed by atoms with Gasteiger partial charge in [-0.2, -0.15) is 0 Å². The molecule has 1 unspecified atom stereocenters. The molecular weight excluding hydrogens is 278 g/mol. The number of nitrogens with one attached hydrogen (secondary N) is 1. The van der Waals surface area contributed by atoms with E-state index < -0.39 is 0 Å². The lowest BCUT2D eigenvalue weighted by Gasteiger charge is -2.13. The predicted molar refractivity (Wildman–Crippen MR) is 75.5 cm³/mol. The van der Waals surface area contributed by atoms with E-state index in [2.05, 4.69) is 53.3 Å². The van der Waals surface area contributed by atoms with Crippen molar-refractivity contribution in [3.05, 3.63) is 35.4 Å². The van der Waals surface area contributed by atoms with Crippen LogP contribution >= 0.6 is 15.9 Å². The summed E-state index contributed by atoms with van der Waals surface area (Å²) in [6.45, 7) is 4.15. The number of hydrogen-bond donors (Lipinski definition) is 1. The molecule has 0 aliphatic carbocycles. The van der Waals surface area contributed by atoms with Gasteiger partial charge in [0.25, 0.3) is 0 Å². The van der Waals surface area contributed by atoms with Crippen molar-refractivity contribution in [2.24, 2.45) is 0 Å². The van der Waals surface area contributed by atoms with Crippen LogP contribution in [0.15, 0.2) is 24.3 Å². The van der Waals surface area contributed by atoms with Gasteiger partial charge in [0, 0.05) is 17.8 Å². The molecule has 0 heterocycles. The molecule has 0 radical (unpaired) electrons. The van der Waals surface area contributed by atoms with Crippen molar-refractivity contribution in [2.45, 2.75) is 39.2 Å². The number of carbonyl (C=O) groups is 1. The first kappa shape index (κ1) is 14.2. The van der Waals surface area contributed by atoms with E-state index in [0.717, 1.165) is 18.2 Å². The van der Waals surface area contributed by atoms with Gasteiger partial charge in [0.2, 0.25) is 5.91 Å². The molecule has 1 aromatic rings. The van der Waals surface area contributed by atoms with E-state index in [1.807, 2.05) is 6.07 Å². The number of alkyl halides is 1. The molecule has 3 heteroatoms. The first-order chi connectivity index (χ1) is 8.15. The highest BCUT2D eigenvalue weighted by Crippen LogP contribution is 2.07. The lowest BCUT2D eigenvalue weighted by atomic mass is 10.1. The van der Waals surface area contributed by atoms with Crippen molar-refractivity contribution in [1.82, 2.24) is 5.32 Å². The fraction of sp³-hybridized carbons (Fsp3) is 0.500. The summed E-state index contributed by atoms with van der Waals surface area (Å²) in [4.78, 5) is 11.7. The first-order valence-electron chi connectivity index (χ1n) is 6.06. The standard InChI is InChI=1S/C14H20BrNO/c1-3-13(10-15)16-14(17)8-7-12-6-4-5-11(2)9-12/h4-6,9,13H,3,7-8,10H2,1-2H3,(H,16,17). The molecule has 0 bridgehead atoms. The maximum absolute atomic E-state index is 11.7. The van der Waals surface area contributed by atoms with Crippen LogP contribution in [0.4, 0.5) is 0 Å². The summed E-state index contributed by atoms with van der Waals surface area (Å²) >= 11 is 3.40. The number of carbonyl (C=O) groups excluding carboxylic acids is 1. The summed E-state index contributed by atoms with van der Waals surface area (Å²) in [5.41, 5.74) is 2.47. The molecule has 0 aliphatic rings. The normalized spacial score (nSPS) is 12.2. The van der Waals surface area contributed by atoms with Crippen molar-refractivity contribution < 1.29 is 4.79 Å². The Bertz CT molecular complexity index is 361. The Morgan fingerprint density at radius 1 is 1.47 bits per heavy atom. The third-order valence-corrected chi connectivity index (χ3v) is 3.55. The second kappa shape index (κ2) is 7.49. The Morgan fingerprint density at radius 2 is 2.24 bits per heavy atom. The topological polar surface area (TPSA) is 29.1 Å². The fourth-order valence-corrected chi connectivity index (χ4v) is 2.29. The number of halogens is 1. The van der Waals surface area contributed by atoms with Crippen LogP contribution in [-0.2, 0) is 11.2 Å². The summed E-state index contributed by atoms with van der Waals surface area (Å²) < 4.78 is 0. The van der Waals surface area contributed by atoms with Crippen molar-refractivity contribution in [2.75, 3.05) is 5.33 Å². The molecule has 1 rings (SSSR count). The van der Waals surface area contributed by atoms with Gasteiger partial charge in [-0.15, -0.1) is 0 Å². The zero-order valence-electron chi connectivity index (χ0n) is 10.5. The minimum atomic E-state index is 0.137. The maximum Gasteiger partial charge on any atom is 0.220 e. The second-order valence-electron chi connectivity index (χ2n) is 4.32. The van der Waals surface area contributed by atoms with Crippen LogP contribution in [0.25, 0.3) is 0 Å². The molecule has 2 nitrogen and oxygen atoms in total. The summed E-state index contributed by atoms with van der Waals surface area (Å²) in [6.07, 6.45) is 2.33. The molecule has 1 atom stereocenters. The van der Waals surface area contributed by atoms with Crippen LogP contribution in [0.5, 0.6) is 0 Å². The molecule has 0 aromatic heterocycles. The number of aryl methyl sites for hydroxylation is 2. The van der Waals surface area contributed by atoms with Crippen molar-refractivity contribution in [3.63, 3.8) is 0 Å². The Hall–Kier alpha value is -0.830. The summed E-state index contributed by atoms with van der Waals surface area (Å²) in [5.74, 6) is 0.137. The van der Waals surface area contributed by atoms with Gasteiger partial charge >= 0.3 is 0 Å². The maximum atomic E-state index is 11.7. The molecular formula is C14H20BrNO. The fourth-order valence-electron chi connectivity index (χ4n) is 1.68. The number of benzene rings is 1. The van der Waals surface area contributed by atoms with Gasteiger partial charge in [0.1, 0.15) is 0 Å². The highest BCUT2D eigenvalue weighted by atomic mass is 79.9. The minimum Gasteiger partial charge on any atom is -0.353 e. The van der Waals surface area contributed by atoms with Gasteiger partial charge < -0.3 is 5.32 Å². The first-order valence-corrected chi connectivity index (χ1v) is 7.18. The van der Waals surface area contributed by atoms with E-state index in [1.54, 1.807) is 0 Å². The Kier molecular flexibility index (Phi) is 6.27. The average molecular weight is 298 g/mol. The van der Waals surface area contributed by atoms with Gasteiger partial charge in [-0.3, -0.25) is 4.79 Å². The monoisotopic (exact) mass is 297 g/mol. The van der Waals surface area contributed by atoms with Crippen LogP contribution in [0.3, 0.4) is 0 Å². The predicted octanol–water partition coefficient (Wildman–Crippen LogP) is 3.22. The molecule has 0 saturated carbocycles. The van der Waals surface area contributed by atoms with Crippen molar-refractivity contribution >= 4 is 21.8 Å². The number of hydrogen-bond acceptors (Lipinski definition) is 1. The molecule has 1 aromatic carbocycles. The summed E-state index contributed by atoms with van der Waals surface area (Å²) in [6, 6.07) is 8.56. The van der Waals surface area contributed by atoms with Gasteiger partial charge in [-0.05, 0) is 25.3 Å². The number of amides is 1. The van der Waals surface area contributed by atoms with E-state index in [4.69, 9.17) is 0 Å². The number of rotatable bonds is 6. The quantitative estimate of drug-likeness (QED) is 0.803. The Morgan fingerprint density at radius 3 is 2.82 bits per heavy atom. The van der Waals surface area contributed by atoms with Gasteiger partial charge in [-0.25, -0.2) is 0 Å². The van der Waals surface area contributed by atoms with Crippen LogP contribution in [0, 0.1) is 6.92 Å². The smallest absolute Gasteiger partial charge is 0.220 e. The largest absolute Gasteiger partial charge is 0.353 e. The molecule has 0 aliphatic heterocycles. The van der Waals surface area contributed by atoms with Crippen LogP contribution in [0.2, 0.25) is 0 Å². The van der Waals surface area contributed by atoms with Gasteiger partial charge in [0.05, 0.1) is 0 Å². The second-order valence-corrected chi connectivity index (χ2v) is 4.96. The van der Waals surface area contributed by atoms with Gasteiger partial charge in [-0.1, -0.05) is 52.7 Å². The van der Waals surface area contributed by atoms with E-state index in [1.165, 1.54) is 11.1 Å².